The zero-order chi connectivity index (χ0) is 11.1. The minimum atomic E-state index is -0.271. The van der Waals surface area contributed by atoms with Crippen molar-refractivity contribution in [1.29, 1.82) is 0 Å². The minimum absolute atomic E-state index is 0.0348. The zero-order valence-corrected chi connectivity index (χ0v) is 9.98. The number of hydrogen-bond donors (Lipinski definition) is 1. The van der Waals surface area contributed by atoms with Gasteiger partial charge in [0.1, 0.15) is 18.1 Å². The molecule has 84 valence electrons. The van der Waals surface area contributed by atoms with E-state index in [-0.39, 0.29) is 18.6 Å². The third-order valence-corrected chi connectivity index (χ3v) is 3.40. The quantitative estimate of drug-likeness (QED) is 0.851. The molecule has 2 unspecified atom stereocenters. The molecular weight excluding hydrogens is 274 g/mol. The van der Waals surface area contributed by atoms with Crippen LogP contribution >= 0.6 is 15.9 Å². The normalized spacial score (nSPS) is 26.2. The number of hydrogen-bond acceptors (Lipinski definition) is 4. The van der Waals surface area contributed by atoms with Gasteiger partial charge in [0.05, 0.1) is 12.5 Å². The number of oxime groups is 1. The maximum absolute atomic E-state index is 9.14. The number of halogens is 1. The molecule has 0 saturated carbocycles. The van der Waals surface area contributed by atoms with Crippen molar-refractivity contribution in [3.8, 4) is 5.75 Å². The second kappa shape index (κ2) is 3.75. The van der Waals surface area contributed by atoms with Crippen LogP contribution in [0, 0.1) is 5.92 Å². The summed E-state index contributed by atoms with van der Waals surface area (Å²) in [4.78, 5) is 5.18. The third kappa shape index (κ3) is 1.43. The average molecular weight is 284 g/mol. The first-order chi connectivity index (χ1) is 7.79. The first-order valence-electron chi connectivity index (χ1n) is 5.07. The van der Waals surface area contributed by atoms with E-state index >= 15 is 0 Å². The number of aliphatic hydroxyl groups excluding tert-OH is 1. The Labute approximate surface area is 101 Å². The highest BCUT2D eigenvalue weighted by Gasteiger charge is 2.39. The van der Waals surface area contributed by atoms with E-state index in [0.29, 0.717) is 6.61 Å². The lowest BCUT2D eigenvalue weighted by Crippen LogP contribution is -2.35. The van der Waals surface area contributed by atoms with Gasteiger partial charge in [-0.25, -0.2) is 0 Å². The fourth-order valence-electron chi connectivity index (χ4n) is 2.04. The molecule has 2 aliphatic heterocycles. The summed E-state index contributed by atoms with van der Waals surface area (Å²) >= 11 is 3.40. The highest BCUT2D eigenvalue weighted by molar-refractivity contribution is 9.10. The van der Waals surface area contributed by atoms with E-state index < -0.39 is 0 Å². The Bertz CT molecular complexity index is 461. The summed E-state index contributed by atoms with van der Waals surface area (Å²) in [5.41, 5.74) is 1.84. The summed E-state index contributed by atoms with van der Waals surface area (Å²) in [5, 5.41) is 13.2. The summed E-state index contributed by atoms with van der Waals surface area (Å²) in [6.07, 6.45) is -0.271. The SMILES string of the molecule is OCC1ON=C2c3ccc(Br)cc3OCC21. The average Bonchev–Trinajstić information content (AvgIpc) is 2.71. The van der Waals surface area contributed by atoms with Crippen molar-refractivity contribution in [3.05, 3.63) is 28.2 Å². The van der Waals surface area contributed by atoms with Gasteiger partial charge in [-0.1, -0.05) is 21.1 Å². The van der Waals surface area contributed by atoms with Gasteiger partial charge in [0, 0.05) is 10.0 Å². The van der Waals surface area contributed by atoms with Crippen LogP contribution in [0.1, 0.15) is 5.56 Å². The summed E-state index contributed by atoms with van der Waals surface area (Å²) in [6, 6.07) is 5.81. The number of fused-ring (bicyclic) bond motifs is 3. The van der Waals surface area contributed by atoms with Crippen LogP contribution in [0.15, 0.2) is 27.8 Å². The summed E-state index contributed by atoms with van der Waals surface area (Å²) in [5.74, 6) is 0.852. The first-order valence-corrected chi connectivity index (χ1v) is 5.86. The predicted molar refractivity (Wildman–Crippen MR) is 61.6 cm³/mol. The van der Waals surface area contributed by atoms with Gasteiger partial charge in [0.25, 0.3) is 0 Å². The molecule has 2 heterocycles. The second-order valence-electron chi connectivity index (χ2n) is 3.86. The largest absolute Gasteiger partial charge is 0.492 e. The van der Waals surface area contributed by atoms with Crippen LogP contribution in [0.5, 0.6) is 5.75 Å². The Morgan fingerprint density at radius 2 is 2.38 bits per heavy atom. The zero-order valence-electron chi connectivity index (χ0n) is 8.39. The molecule has 3 rings (SSSR count). The van der Waals surface area contributed by atoms with Crippen molar-refractivity contribution in [2.24, 2.45) is 11.1 Å². The molecular formula is C11H10BrNO3. The highest BCUT2D eigenvalue weighted by atomic mass is 79.9. The molecule has 0 aromatic heterocycles. The van der Waals surface area contributed by atoms with Crippen LogP contribution < -0.4 is 4.74 Å². The lowest BCUT2D eigenvalue weighted by atomic mass is 9.91. The highest BCUT2D eigenvalue weighted by Crippen LogP contribution is 2.35. The van der Waals surface area contributed by atoms with Gasteiger partial charge in [0.15, 0.2) is 6.10 Å². The fraction of sp³-hybridized carbons (Fsp3) is 0.364. The molecule has 0 radical (unpaired) electrons. The van der Waals surface area contributed by atoms with Gasteiger partial charge in [-0.05, 0) is 18.2 Å². The van der Waals surface area contributed by atoms with Crippen LogP contribution in [0.3, 0.4) is 0 Å². The van der Waals surface area contributed by atoms with Gasteiger partial charge in [0.2, 0.25) is 0 Å². The summed E-state index contributed by atoms with van der Waals surface area (Å²) in [6.45, 7) is 0.473. The molecule has 0 spiro atoms. The van der Waals surface area contributed by atoms with E-state index in [1.54, 1.807) is 0 Å². The van der Waals surface area contributed by atoms with Gasteiger partial charge >= 0.3 is 0 Å². The predicted octanol–water partition coefficient (Wildman–Crippen LogP) is 1.55. The monoisotopic (exact) mass is 283 g/mol. The molecule has 0 aliphatic carbocycles. The van der Waals surface area contributed by atoms with Gasteiger partial charge < -0.3 is 14.7 Å². The molecule has 4 nitrogen and oxygen atoms in total. The lowest BCUT2D eigenvalue weighted by Gasteiger charge is -2.24. The smallest absolute Gasteiger partial charge is 0.162 e. The molecule has 1 N–H and O–H groups in total. The topological polar surface area (TPSA) is 51.0 Å². The number of rotatable bonds is 1. The maximum atomic E-state index is 9.14. The Hall–Kier alpha value is -1.07. The van der Waals surface area contributed by atoms with E-state index in [9.17, 15) is 0 Å². The van der Waals surface area contributed by atoms with Crippen LogP contribution in [-0.2, 0) is 4.84 Å². The minimum Gasteiger partial charge on any atom is -0.492 e. The molecule has 0 bridgehead atoms. The van der Waals surface area contributed by atoms with E-state index in [2.05, 4.69) is 21.1 Å². The van der Waals surface area contributed by atoms with E-state index in [0.717, 1.165) is 21.5 Å². The van der Waals surface area contributed by atoms with Crippen molar-refractivity contribution in [1.82, 2.24) is 0 Å². The standard InChI is InChI=1S/C11H10BrNO3/c12-6-1-2-7-9(3-6)15-5-8-10(4-14)16-13-11(7)8/h1-3,8,10,14H,4-5H2. The molecule has 0 saturated heterocycles. The Morgan fingerprint density at radius 1 is 1.50 bits per heavy atom. The van der Waals surface area contributed by atoms with Crippen LogP contribution in [-0.4, -0.2) is 30.1 Å². The summed E-state index contributed by atoms with van der Waals surface area (Å²) in [7, 11) is 0. The Morgan fingerprint density at radius 3 is 3.19 bits per heavy atom. The molecule has 5 heteroatoms. The number of aliphatic hydroxyl groups is 1. The molecule has 16 heavy (non-hydrogen) atoms. The van der Waals surface area contributed by atoms with Crippen molar-refractivity contribution in [2.45, 2.75) is 6.10 Å². The van der Waals surface area contributed by atoms with Crippen molar-refractivity contribution in [3.63, 3.8) is 0 Å². The molecule has 2 aliphatic rings. The number of ether oxygens (including phenoxy) is 1. The molecule has 2 atom stereocenters. The Balaban J connectivity index is 2.02. The summed E-state index contributed by atoms with van der Waals surface area (Å²) < 4.78 is 6.62. The maximum Gasteiger partial charge on any atom is 0.162 e. The van der Waals surface area contributed by atoms with Crippen molar-refractivity contribution >= 4 is 21.6 Å². The van der Waals surface area contributed by atoms with Crippen molar-refractivity contribution < 1.29 is 14.7 Å². The number of benzene rings is 1. The molecule has 1 aromatic carbocycles. The molecule has 0 amide bonds. The van der Waals surface area contributed by atoms with Crippen LogP contribution in [0.4, 0.5) is 0 Å². The van der Waals surface area contributed by atoms with Gasteiger partial charge in [-0.3, -0.25) is 0 Å². The van der Waals surface area contributed by atoms with Gasteiger partial charge in [-0.15, -0.1) is 0 Å². The van der Waals surface area contributed by atoms with Crippen LogP contribution in [0.25, 0.3) is 0 Å². The van der Waals surface area contributed by atoms with E-state index in [1.807, 2.05) is 18.2 Å². The second-order valence-corrected chi connectivity index (χ2v) is 4.78. The van der Waals surface area contributed by atoms with E-state index in [4.69, 9.17) is 14.7 Å². The molecule has 1 aromatic rings. The number of nitrogens with zero attached hydrogens (tertiary/aromatic N) is 1. The third-order valence-electron chi connectivity index (χ3n) is 2.90. The fourth-order valence-corrected chi connectivity index (χ4v) is 2.38. The molecule has 0 fully saturated rings. The van der Waals surface area contributed by atoms with Gasteiger partial charge in [-0.2, -0.15) is 0 Å². The van der Waals surface area contributed by atoms with E-state index in [1.165, 1.54) is 0 Å². The van der Waals surface area contributed by atoms with Crippen molar-refractivity contribution in [2.75, 3.05) is 13.2 Å². The Kier molecular flexibility index (Phi) is 2.37. The lowest BCUT2D eigenvalue weighted by molar-refractivity contribution is 0.00846. The van der Waals surface area contributed by atoms with Crippen LogP contribution in [0.2, 0.25) is 0 Å². The first kappa shape index (κ1) is 10.1.